The van der Waals surface area contributed by atoms with Crippen LogP contribution < -0.4 is 10.6 Å². The number of imide groups is 1. The lowest BCUT2D eigenvalue weighted by atomic mass is 10.1. The first-order chi connectivity index (χ1) is 8.56. The number of rotatable bonds is 3. The number of hydrogen-bond donors (Lipinski definition) is 2. The first-order valence-corrected chi connectivity index (χ1v) is 6.36. The van der Waals surface area contributed by atoms with Gasteiger partial charge in [0.2, 0.25) is 11.8 Å². The Balaban J connectivity index is 1.93. The quantitative estimate of drug-likeness (QED) is 0.831. The third-order valence-electron chi connectivity index (χ3n) is 2.78. The van der Waals surface area contributed by atoms with Gasteiger partial charge in [-0.2, -0.15) is 0 Å². The number of halogens is 2. The van der Waals surface area contributed by atoms with E-state index in [0.717, 1.165) is 5.56 Å². The molecule has 1 heterocycles. The maximum atomic E-state index is 13.0. The summed E-state index contributed by atoms with van der Waals surface area (Å²) in [5.74, 6) is -0.852. The Hall–Kier alpha value is -1.27. The monoisotopic (exact) mass is 314 g/mol. The Morgan fingerprint density at radius 2 is 2.22 bits per heavy atom. The van der Waals surface area contributed by atoms with Crippen LogP contribution in [0.4, 0.5) is 4.39 Å². The van der Waals surface area contributed by atoms with E-state index in [2.05, 4.69) is 26.6 Å². The van der Waals surface area contributed by atoms with Crippen LogP contribution >= 0.6 is 15.9 Å². The Morgan fingerprint density at radius 3 is 2.89 bits per heavy atom. The molecule has 0 spiro atoms. The van der Waals surface area contributed by atoms with Crippen LogP contribution in [0.2, 0.25) is 0 Å². The minimum atomic E-state index is -0.369. The average molecular weight is 315 g/mol. The van der Waals surface area contributed by atoms with Crippen LogP contribution in [0.3, 0.4) is 0 Å². The first kappa shape index (κ1) is 13.2. The molecule has 0 aliphatic carbocycles. The molecule has 1 aliphatic heterocycles. The van der Waals surface area contributed by atoms with Gasteiger partial charge in [-0.1, -0.05) is 6.07 Å². The van der Waals surface area contributed by atoms with E-state index in [4.69, 9.17) is 0 Å². The zero-order valence-corrected chi connectivity index (χ0v) is 11.1. The van der Waals surface area contributed by atoms with Crippen LogP contribution in [0.15, 0.2) is 22.7 Å². The van der Waals surface area contributed by atoms with Gasteiger partial charge in [0, 0.05) is 13.0 Å². The summed E-state index contributed by atoms with van der Waals surface area (Å²) in [5.41, 5.74) is 0.868. The van der Waals surface area contributed by atoms with Crippen LogP contribution in [0.1, 0.15) is 18.4 Å². The molecular formula is C12H12BrFN2O2. The lowest BCUT2D eigenvalue weighted by Gasteiger charge is -2.21. The Kier molecular flexibility index (Phi) is 4.08. The van der Waals surface area contributed by atoms with Gasteiger partial charge in [-0.25, -0.2) is 4.39 Å². The summed E-state index contributed by atoms with van der Waals surface area (Å²) in [6, 6.07) is 4.31. The number of hydrogen-bond acceptors (Lipinski definition) is 3. The molecule has 1 atom stereocenters. The second kappa shape index (κ2) is 5.58. The van der Waals surface area contributed by atoms with Crippen molar-refractivity contribution >= 4 is 27.7 Å². The molecule has 1 unspecified atom stereocenters. The minimum Gasteiger partial charge on any atom is -0.302 e. The van der Waals surface area contributed by atoms with Crippen LogP contribution in [0.5, 0.6) is 0 Å². The summed E-state index contributed by atoms with van der Waals surface area (Å²) >= 11 is 3.11. The van der Waals surface area contributed by atoms with E-state index >= 15 is 0 Å². The normalized spacial score (nSPS) is 19.8. The molecule has 96 valence electrons. The lowest BCUT2D eigenvalue weighted by molar-refractivity contribution is -0.134. The maximum absolute atomic E-state index is 13.0. The number of nitrogens with one attached hydrogen (secondary N) is 2. The maximum Gasteiger partial charge on any atom is 0.243 e. The molecule has 1 saturated heterocycles. The third kappa shape index (κ3) is 3.14. The fraction of sp³-hybridized carbons (Fsp3) is 0.333. The molecule has 0 radical (unpaired) electrons. The van der Waals surface area contributed by atoms with Crippen molar-refractivity contribution in [1.29, 1.82) is 0 Å². The predicted octanol–water partition coefficient (Wildman–Crippen LogP) is 1.48. The number of amides is 2. The van der Waals surface area contributed by atoms with Gasteiger partial charge in [0.15, 0.2) is 0 Å². The second-order valence-corrected chi connectivity index (χ2v) is 4.99. The molecule has 1 aromatic rings. The summed E-state index contributed by atoms with van der Waals surface area (Å²) in [6.07, 6.45) is 0.837. The molecule has 1 aliphatic rings. The van der Waals surface area contributed by atoms with Crippen molar-refractivity contribution in [2.45, 2.75) is 25.4 Å². The summed E-state index contributed by atoms with van der Waals surface area (Å²) < 4.78 is 13.4. The van der Waals surface area contributed by atoms with Crippen molar-refractivity contribution in [3.8, 4) is 0 Å². The largest absolute Gasteiger partial charge is 0.302 e. The SMILES string of the molecule is O=C1CCC(NCc2ccc(F)c(Br)c2)C(=O)N1. The van der Waals surface area contributed by atoms with Crippen LogP contribution in [-0.4, -0.2) is 17.9 Å². The molecule has 0 saturated carbocycles. The minimum absolute atomic E-state index is 0.234. The van der Waals surface area contributed by atoms with Gasteiger partial charge in [0.25, 0.3) is 0 Å². The van der Waals surface area contributed by atoms with Crippen molar-refractivity contribution in [2.24, 2.45) is 0 Å². The van der Waals surface area contributed by atoms with E-state index in [1.165, 1.54) is 6.07 Å². The van der Waals surface area contributed by atoms with Gasteiger partial charge in [0.05, 0.1) is 10.5 Å². The number of carbonyl (C=O) groups is 2. The third-order valence-corrected chi connectivity index (χ3v) is 3.38. The van der Waals surface area contributed by atoms with E-state index in [9.17, 15) is 14.0 Å². The van der Waals surface area contributed by atoms with Gasteiger partial charge < -0.3 is 5.32 Å². The standard InChI is InChI=1S/C12H12BrFN2O2/c13-8-5-7(1-2-9(8)14)6-15-10-3-4-11(17)16-12(10)18/h1-2,5,10,15H,3-4,6H2,(H,16,17,18). The predicted molar refractivity (Wildman–Crippen MR) is 67.1 cm³/mol. The number of piperidine rings is 1. The van der Waals surface area contributed by atoms with Crippen molar-refractivity contribution in [3.63, 3.8) is 0 Å². The van der Waals surface area contributed by atoms with Crippen LogP contribution in [0.25, 0.3) is 0 Å². The van der Waals surface area contributed by atoms with E-state index in [-0.39, 0.29) is 23.7 Å². The van der Waals surface area contributed by atoms with Gasteiger partial charge in [-0.05, 0) is 40.0 Å². The van der Waals surface area contributed by atoms with Crippen molar-refractivity contribution in [3.05, 3.63) is 34.1 Å². The highest BCUT2D eigenvalue weighted by atomic mass is 79.9. The summed E-state index contributed by atoms with van der Waals surface area (Å²) in [6.45, 7) is 0.450. The van der Waals surface area contributed by atoms with Gasteiger partial charge >= 0.3 is 0 Å². The van der Waals surface area contributed by atoms with E-state index < -0.39 is 0 Å². The Morgan fingerprint density at radius 1 is 1.44 bits per heavy atom. The zero-order chi connectivity index (χ0) is 13.1. The molecular weight excluding hydrogens is 303 g/mol. The molecule has 18 heavy (non-hydrogen) atoms. The van der Waals surface area contributed by atoms with Crippen LogP contribution in [-0.2, 0) is 16.1 Å². The smallest absolute Gasteiger partial charge is 0.243 e. The zero-order valence-electron chi connectivity index (χ0n) is 9.50. The summed E-state index contributed by atoms with van der Waals surface area (Å²) in [5, 5.41) is 5.32. The van der Waals surface area contributed by atoms with Crippen molar-refractivity contribution in [2.75, 3.05) is 0 Å². The van der Waals surface area contributed by atoms with Crippen LogP contribution in [0, 0.1) is 5.82 Å². The summed E-state index contributed by atoms with van der Waals surface area (Å²) in [4.78, 5) is 22.5. The molecule has 4 nitrogen and oxygen atoms in total. The molecule has 1 aromatic carbocycles. The molecule has 0 bridgehead atoms. The number of benzene rings is 1. The van der Waals surface area contributed by atoms with Crippen molar-refractivity contribution in [1.82, 2.24) is 10.6 Å². The molecule has 2 N–H and O–H groups in total. The fourth-order valence-corrected chi connectivity index (χ4v) is 2.21. The first-order valence-electron chi connectivity index (χ1n) is 5.57. The Labute approximate surface area is 112 Å². The molecule has 2 amide bonds. The highest BCUT2D eigenvalue weighted by Gasteiger charge is 2.25. The molecule has 6 heteroatoms. The second-order valence-electron chi connectivity index (χ2n) is 4.13. The van der Waals surface area contributed by atoms with E-state index in [1.807, 2.05) is 0 Å². The van der Waals surface area contributed by atoms with E-state index in [1.54, 1.807) is 12.1 Å². The highest BCUT2D eigenvalue weighted by Crippen LogP contribution is 2.17. The molecule has 2 rings (SSSR count). The Bertz CT molecular complexity index is 493. The van der Waals surface area contributed by atoms with Gasteiger partial charge in [-0.3, -0.25) is 14.9 Å². The van der Waals surface area contributed by atoms with Gasteiger partial charge in [0.1, 0.15) is 5.82 Å². The number of carbonyl (C=O) groups excluding carboxylic acids is 2. The highest BCUT2D eigenvalue weighted by molar-refractivity contribution is 9.10. The van der Waals surface area contributed by atoms with Crippen molar-refractivity contribution < 1.29 is 14.0 Å². The topological polar surface area (TPSA) is 58.2 Å². The summed E-state index contributed by atoms with van der Waals surface area (Å²) in [7, 11) is 0. The lowest BCUT2D eigenvalue weighted by Crippen LogP contribution is -2.50. The van der Waals surface area contributed by atoms with E-state index in [0.29, 0.717) is 23.9 Å². The average Bonchev–Trinajstić information content (AvgIpc) is 2.32. The molecule has 1 fully saturated rings. The fourth-order valence-electron chi connectivity index (χ4n) is 1.78. The van der Waals surface area contributed by atoms with Gasteiger partial charge in [-0.15, -0.1) is 0 Å². The molecule has 0 aromatic heterocycles.